The number of rotatable bonds is 4. The fraction of sp³-hybridized carbons (Fsp3) is 0.562. The van der Waals surface area contributed by atoms with Crippen molar-refractivity contribution in [3.05, 3.63) is 35.9 Å². The van der Waals surface area contributed by atoms with E-state index in [-0.39, 0.29) is 6.61 Å². The number of nitrogens with zero attached hydrogens (tertiary/aromatic N) is 1. The molecular formula is C16H23NO5. The predicted octanol–water partition coefficient (Wildman–Crippen LogP) is 0.283. The van der Waals surface area contributed by atoms with Gasteiger partial charge in [-0.3, -0.25) is 0 Å². The van der Waals surface area contributed by atoms with Crippen molar-refractivity contribution in [1.29, 1.82) is 0 Å². The third-order valence-corrected chi connectivity index (χ3v) is 3.94. The number of hydrogen-bond donors (Lipinski definition) is 2. The van der Waals surface area contributed by atoms with Gasteiger partial charge in [0.15, 0.2) is 0 Å². The minimum Gasteiger partial charge on any atom is -0.459 e. The second-order valence-corrected chi connectivity index (χ2v) is 5.78. The Morgan fingerprint density at radius 1 is 1.23 bits per heavy atom. The molecule has 1 aliphatic rings. The first-order valence-electron chi connectivity index (χ1n) is 7.32. The Morgan fingerprint density at radius 2 is 1.86 bits per heavy atom. The number of benzene rings is 1. The van der Waals surface area contributed by atoms with Crippen LogP contribution in [0.2, 0.25) is 0 Å². The number of aliphatic hydroxyl groups excluding tert-OH is 2. The van der Waals surface area contributed by atoms with Crippen molar-refractivity contribution in [3.63, 3.8) is 0 Å². The monoisotopic (exact) mass is 309 g/mol. The molecule has 0 unspecified atom stereocenters. The molecule has 5 atom stereocenters. The van der Waals surface area contributed by atoms with E-state index in [1.165, 1.54) is 0 Å². The van der Waals surface area contributed by atoms with E-state index in [9.17, 15) is 15.0 Å². The maximum atomic E-state index is 11.9. The van der Waals surface area contributed by atoms with Crippen molar-refractivity contribution in [2.45, 2.75) is 37.4 Å². The Bertz CT molecular complexity index is 493. The minimum atomic E-state index is -0.940. The van der Waals surface area contributed by atoms with Crippen LogP contribution in [-0.4, -0.2) is 72.2 Å². The first kappa shape index (κ1) is 16.9. The summed E-state index contributed by atoms with van der Waals surface area (Å²) in [5, 5.41) is 20.5. The van der Waals surface area contributed by atoms with Crippen molar-refractivity contribution in [2.75, 3.05) is 20.7 Å². The lowest BCUT2D eigenvalue weighted by molar-refractivity contribution is -0.204. The first-order valence-corrected chi connectivity index (χ1v) is 7.32. The summed E-state index contributed by atoms with van der Waals surface area (Å²) in [5.41, 5.74) is 0.449. The Kier molecular flexibility index (Phi) is 5.52. The molecule has 2 rings (SSSR count). The van der Waals surface area contributed by atoms with Crippen LogP contribution in [0.4, 0.5) is 0 Å². The Hall–Kier alpha value is -1.47. The second-order valence-electron chi connectivity index (χ2n) is 5.78. The van der Waals surface area contributed by atoms with Crippen LogP contribution in [0, 0.1) is 0 Å². The van der Waals surface area contributed by atoms with Crippen LogP contribution in [0.25, 0.3) is 0 Å². The zero-order valence-electron chi connectivity index (χ0n) is 13.0. The number of carbonyl (C=O) groups is 1. The molecule has 1 aromatic rings. The predicted molar refractivity (Wildman–Crippen MR) is 80.5 cm³/mol. The molecular weight excluding hydrogens is 286 g/mol. The maximum Gasteiger partial charge on any atom is 0.338 e. The van der Waals surface area contributed by atoms with E-state index in [0.29, 0.717) is 5.56 Å². The van der Waals surface area contributed by atoms with Gasteiger partial charge in [-0.05, 0) is 33.2 Å². The summed E-state index contributed by atoms with van der Waals surface area (Å²) in [7, 11) is 3.56. The van der Waals surface area contributed by atoms with Crippen molar-refractivity contribution >= 4 is 5.97 Å². The molecule has 1 aliphatic heterocycles. The van der Waals surface area contributed by atoms with Crippen LogP contribution >= 0.6 is 0 Å². The number of carbonyl (C=O) groups excluding carboxylic acids is 1. The van der Waals surface area contributed by atoms with Gasteiger partial charge in [0.2, 0.25) is 0 Å². The Labute approximate surface area is 130 Å². The molecule has 0 spiro atoms. The molecule has 2 N–H and O–H groups in total. The number of likely N-dealkylation sites (N-methyl/N-ethyl adjacent to an activating group) is 1. The van der Waals surface area contributed by atoms with Crippen LogP contribution in [0.15, 0.2) is 30.3 Å². The lowest BCUT2D eigenvalue weighted by Crippen LogP contribution is -2.62. The van der Waals surface area contributed by atoms with Gasteiger partial charge in [0.1, 0.15) is 18.8 Å². The van der Waals surface area contributed by atoms with Crippen molar-refractivity contribution in [1.82, 2.24) is 4.90 Å². The standard InChI is InChI=1S/C16H23NO5/c1-10-14(18)13(17(2)3)15(19)12(22-10)9-21-16(20)11-7-5-4-6-8-11/h4-8,10,12-15,18-19H,9H2,1-3H3/t10-,12+,13+,14-,15+/m0/s1. The molecule has 122 valence electrons. The molecule has 0 bridgehead atoms. The van der Waals surface area contributed by atoms with E-state index in [2.05, 4.69) is 0 Å². The smallest absolute Gasteiger partial charge is 0.338 e. The molecule has 1 fully saturated rings. The minimum absolute atomic E-state index is 0.0592. The number of esters is 1. The summed E-state index contributed by atoms with van der Waals surface area (Å²) < 4.78 is 10.8. The first-order chi connectivity index (χ1) is 10.4. The lowest BCUT2D eigenvalue weighted by atomic mass is 9.92. The van der Waals surface area contributed by atoms with E-state index in [1.54, 1.807) is 50.2 Å². The molecule has 0 saturated carbocycles. The van der Waals surface area contributed by atoms with Gasteiger partial charge >= 0.3 is 5.97 Å². The molecule has 1 aromatic carbocycles. The van der Waals surface area contributed by atoms with E-state index in [1.807, 2.05) is 6.07 Å². The van der Waals surface area contributed by atoms with E-state index in [4.69, 9.17) is 9.47 Å². The van der Waals surface area contributed by atoms with Gasteiger partial charge in [-0.2, -0.15) is 0 Å². The third-order valence-electron chi connectivity index (χ3n) is 3.94. The molecule has 22 heavy (non-hydrogen) atoms. The molecule has 0 amide bonds. The lowest BCUT2D eigenvalue weighted by Gasteiger charge is -2.44. The highest BCUT2D eigenvalue weighted by Crippen LogP contribution is 2.24. The van der Waals surface area contributed by atoms with Gasteiger partial charge in [0, 0.05) is 0 Å². The van der Waals surface area contributed by atoms with Crippen LogP contribution < -0.4 is 0 Å². The quantitative estimate of drug-likeness (QED) is 0.778. The molecule has 1 saturated heterocycles. The van der Waals surface area contributed by atoms with Gasteiger partial charge in [0.25, 0.3) is 0 Å². The summed E-state index contributed by atoms with van der Waals surface area (Å²) in [6.45, 7) is 1.68. The summed E-state index contributed by atoms with van der Waals surface area (Å²) in [6, 6.07) is 8.18. The highest BCUT2D eigenvalue weighted by molar-refractivity contribution is 5.89. The highest BCUT2D eigenvalue weighted by atomic mass is 16.6. The normalized spacial score (nSPS) is 32.0. The van der Waals surface area contributed by atoms with E-state index in [0.717, 1.165) is 0 Å². The molecule has 6 nitrogen and oxygen atoms in total. The molecule has 1 heterocycles. The van der Waals surface area contributed by atoms with Crippen molar-refractivity contribution in [2.24, 2.45) is 0 Å². The molecule has 0 aromatic heterocycles. The van der Waals surface area contributed by atoms with Crippen molar-refractivity contribution < 1.29 is 24.5 Å². The van der Waals surface area contributed by atoms with Crippen LogP contribution in [-0.2, 0) is 9.47 Å². The molecule has 0 radical (unpaired) electrons. The molecule has 6 heteroatoms. The maximum absolute atomic E-state index is 11.9. The van der Waals surface area contributed by atoms with Crippen molar-refractivity contribution in [3.8, 4) is 0 Å². The van der Waals surface area contributed by atoms with Gasteiger partial charge in [-0.1, -0.05) is 18.2 Å². The highest BCUT2D eigenvalue weighted by Gasteiger charge is 2.44. The van der Waals surface area contributed by atoms with E-state index < -0.39 is 36.4 Å². The third kappa shape index (κ3) is 3.64. The average Bonchev–Trinajstić information content (AvgIpc) is 2.50. The second kappa shape index (κ2) is 7.19. The number of ether oxygens (including phenoxy) is 2. The summed E-state index contributed by atoms with van der Waals surface area (Å²) >= 11 is 0. The topological polar surface area (TPSA) is 79.2 Å². The van der Waals surface area contributed by atoms with Crippen LogP contribution in [0.1, 0.15) is 17.3 Å². The SMILES string of the molecule is C[C@@H]1O[C@H](COC(=O)c2ccccc2)[C@@H](O)[C@H](N(C)C)[C@H]1O. The summed E-state index contributed by atoms with van der Waals surface area (Å²) in [6.07, 6.45) is -2.86. The Balaban J connectivity index is 1.98. The van der Waals surface area contributed by atoms with Gasteiger partial charge in [-0.15, -0.1) is 0 Å². The number of aliphatic hydroxyl groups is 2. The van der Waals surface area contributed by atoms with E-state index >= 15 is 0 Å². The molecule has 0 aliphatic carbocycles. The van der Waals surface area contributed by atoms with Crippen LogP contribution in [0.3, 0.4) is 0 Å². The van der Waals surface area contributed by atoms with Crippen LogP contribution in [0.5, 0.6) is 0 Å². The fourth-order valence-electron chi connectivity index (χ4n) is 2.70. The van der Waals surface area contributed by atoms with Gasteiger partial charge in [0.05, 0.1) is 23.8 Å². The Morgan fingerprint density at radius 3 is 2.45 bits per heavy atom. The fourth-order valence-corrected chi connectivity index (χ4v) is 2.70. The van der Waals surface area contributed by atoms with Gasteiger partial charge in [-0.25, -0.2) is 4.79 Å². The summed E-state index contributed by atoms with van der Waals surface area (Å²) in [4.78, 5) is 13.7. The summed E-state index contributed by atoms with van der Waals surface area (Å²) in [5.74, 6) is -0.462. The number of hydrogen-bond acceptors (Lipinski definition) is 6. The largest absolute Gasteiger partial charge is 0.459 e. The zero-order valence-corrected chi connectivity index (χ0v) is 13.0. The van der Waals surface area contributed by atoms with Gasteiger partial charge < -0.3 is 24.6 Å². The average molecular weight is 309 g/mol. The zero-order chi connectivity index (χ0) is 16.3.